The maximum Gasteiger partial charge on any atom is 0.0399 e. The summed E-state index contributed by atoms with van der Waals surface area (Å²) in [5.41, 5.74) is 4.47. The van der Waals surface area contributed by atoms with E-state index in [0.29, 0.717) is 5.92 Å². The van der Waals surface area contributed by atoms with Gasteiger partial charge in [0.05, 0.1) is 0 Å². The molecule has 1 atom stereocenters. The number of nitrogens with one attached hydrogen (secondary N) is 1. The monoisotopic (exact) mass is 246 g/mol. The van der Waals surface area contributed by atoms with E-state index in [1.165, 1.54) is 30.6 Å². The van der Waals surface area contributed by atoms with E-state index in [2.05, 4.69) is 49.3 Å². The molecule has 0 aromatic heterocycles. The van der Waals surface area contributed by atoms with Crippen LogP contribution in [0.1, 0.15) is 49.7 Å². The minimum Gasteiger partial charge on any atom is -0.374 e. The summed E-state index contributed by atoms with van der Waals surface area (Å²) in [4.78, 5) is 2.40. The van der Waals surface area contributed by atoms with Crippen LogP contribution in [0.2, 0.25) is 0 Å². The molecule has 1 aromatic carbocycles. The average Bonchev–Trinajstić information content (AvgIpc) is 2.37. The van der Waals surface area contributed by atoms with Crippen molar-refractivity contribution in [3.8, 4) is 0 Å². The molecule has 2 heteroatoms. The number of hydrogen-bond donors (Lipinski definition) is 1. The van der Waals surface area contributed by atoms with E-state index in [1.54, 1.807) is 5.56 Å². The number of benzene rings is 1. The van der Waals surface area contributed by atoms with Gasteiger partial charge in [-0.1, -0.05) is 26.0 Å². The third-order valence-electron chi connectivity index (χ3n) is 4.13. The molecule has 0 saturated heterocycles. The van der Waals surface area contributed by atoms with Crippen LogP contribution < -0.4 is 10.2 Å². The molecule has 2 rings (SSSR count). The summed E-state index contributed by atoms with van der Waals surface area (Å²) in [6, 6.07) is 7.05. The van der Waals surface area contributed by atoms with Crippen LogP contribution in [0.3, 0.4) is 0 Å². The van der Waals surface area contributed by atoms with E-state index >= 15 is 0 Å². The van der Waals surface area contributed by atoms with Crippen molar-refractivity contribution in [2.24, 2.45) is 0 Å². The second-order valence-corrected chi connectivity index (χ2v) is 5.77. The van der Waals surface area contributed by atoms with E-state index < -0.39 is 0 Å². The van der Waals surface area contributed by atoms with Crippen LogP contribution in [0.25, 0.3) is 0 Å². The van der Waals surface area contributed by atoms with E-state index in [0.717, 1.165) is 12.5 Å². The quantitative estimate of drug-likeness (QED) is 0.876. The van der Waals surface area contributed by atoms with Gasteiger partial charge in [-0.3, -0.25) is 0 Å². The topological polar surface area (TPSA) is 15.3 Å². The Kier molecular flexibility index (Phi) is 4.28. The summed E-state index contributed by atoms with van der Waals surface area (Å²) in [7, 11) is 4.25. The predicted molar refractivity (Wildman–Crippen MR) is 79.7 cm³/mol. The molecule has 0 radical (unpaired) electrons. The molecule has 2 nitrogen and oxygen atoms in total. The lowest BCUT2D eigenvalue weighted by molar-refractivity contribution is 0.538. The van der Waals surface area contributed by atoms with E-state index in [1.807, 2.05) is 7.05 Å². The van der Waals surface area contributed by atoms with Crippen LogP contribution in [0.4, 0.5) is 5.69 Å². The zero-order valence-corrected chi connectivity index (χ0v) is 12.2. The predicted octanol–water partition coefficient (Wildman–Crippen LogP) is 3.34. The van der Waals surface area contributed by atoms with Gasteiger partial charge in [0.1, 0.15) is 0 Å². The molecular formula is C16H26N2. The van der Waals surface area contributed by atoms with E-state index in [9.17, 15) is 0 Å². The lowest BCUT2D eigenvalue weighted by Crippen LogP contribution is -2.28. The van der Waals surface area contributed by atoms with Gasteiger partial charge in [-0.2, -0.15) is 0 Å². The normalized spacial score (nSPS) is 19.2. The Hall–Kier alpha value is -1.02. The van der Waals surface area contributed by atoms with Crippen molar-refractivity contribution in [1.29, 1.82) is 0 Å². The van der Waals surface area contributed by atoms with Crippen molar-refractivity contribution >= 4 is 5.69 Å². The molecule has 100 valence electrons. The van der Waals surface area contributed by atoms with Crippen molar-refractivity contribution in [2.75, 3.05) is 32.1 Å². The zero-order valence-electron chi connectivity index (χ0n) is 12.2. The largest absolute Gasteiger partial charge is 0.374 e. The van der Waals surface area contributed by atoms with Gasteiger partial charge in [0.15, 0.2) is 0 Å². The second kappa shape index (κ2) is 5.75. The summed E-state index contributed by atoms with van der Waals surface area (Å²) in [5, 5.41) is 3.28. The molecule has 0 saturated carbocycles. The Morgan fingerprint density at radius 2 is 2.17 bits per heavy atom. The average molecular weight is 246 g/mol. The molecule has 0 aliphatic carbocycles. The molecule has 1 unspecified atom stereocenters. The molecule has 0 amide bonds. The number of rotatable bonds is 4. The van der Waals surface area contributed by atoms with Gasteiger partial charge in [-0.15, -0.1) is 0 Å². The van der Waals surface area contributed by atoms with Gasteiger partial charge in [-0.25, -0.2) is 0 Å². The summed E-state index contributed by atoms with van der Waals surface area (Å²) in [5.74, 6) is 1.34. The third-order valence-corrected chi connectivity index (χ3v) is 4.13. The van der Waals surface area contributed by atoms with Crippen LogP contribution >= 0.6 is 0 Å². The summed E-state index contributed by atoms with van der Waals surface area (Å²) in [6.07, 6.45) is 2.53. The molecule has 18 heavy (non-hydrogen) atoms. The number of anilines is 1. The minimum absolute atomic E-state index is 0.618. The van der Waals surface area contributed by atoms with Crippen molar-refractivity contribution in [1.82, 2.24) is 5.32 Å². The molecule has 1 aromatic rings. The van der Waals surface area contributed by atoms with Gasteiger partial charge in [0, 0.05) is 19.3 Å². The standard InChI is InChI=1S/C16H26N2/c1-12(2)14-5-6-16-15(11-14)13(7-9-17-3)8-10-18(16)4/h5-6,11-13,17H,7-10H2,1-4H3. The first-order valence-corrected chi connectivity index (χ1v) is 7.13. The fourth-order valence-electron chi connectivity index (χ4n) is 2.85. The van der Waals surface area contributed by atoms with Crippen LogP contribution in [0.15, 0.2) is 18.2 Å². The smallest absolute Gasteiger partial charge is 0.0399 e. The first kappa shape index (κ1) is 13.4. The highest BCUT2D eigenvalue weighted by Crippen LogP contribution is 2.37. The number of hydrogen-bond acceptors (Lipinski definition) is 2. The van der Waals surface area contributed by atoms with Crippen LogP contribution in [0, 0.1) is 0 Å². The Morgan fingerprint density at radius 3 is 2.83 bits per heavy atom. The van der Waals surface area contributed by atoms with Crippen molar-refractivity contribution in [3.63, 3.8) is 0 Å². The first-order valence-electron chi connectivity index (χ1n) is 7.13. The molecule has 0 spiro atoms. The Labute approximate surface area is 111 Å². The molecule has 1 heterocycles. The minimum atomic E-state index is 0.618. The summed E-state index contributed by atoms with van der Waals surface area (Å²) >= 11 is 0. The molecule has 0 fully saturated rings. The molecular weight excluding hydrogens is 220 g/mol. The number of fused-ring (bicyclic) bond motifs is 1. The van der Waals surface area contributed by atoms with Crippen molar-refractivity contribution in [2.45, 2.75) is 38.5 Å². The van der Waals surface area contributed by atoms with Gasteiger partial charge < -0.3 is 10.2 Å². The third kappa shape index (κ3) is 2.69. The zero-order chi connectivity index (χ0) is 13.1. The number of nitrogens with zero attached hydrogens (tertiary/aromatic N) is 1. The highest BCUT2D eigenvalue weighted by molar-refractivity contribution is 5.58. The highest BCUT2D eigenvalue weighted by atomic mass is 15.1. The maximum atomic E-state index is 3.28. The van der Waals surface area contributed by atoms with Crippen molar-refractivity contribution in [3.05, 3.63) is 29.3 Å². The Balaban J connectivity index is 2.31. The Bertz CT molecular complexity index is 398. The Morgan fingerprint density at radius 1 is 1.39 bits per heavy atom. The highest BCUT2D eigenvalue weighted by Gasteiger charge is 2.23. The second-order valence-electron chi connectivity index (χ2n) is 5.77. The van der Waals surface area contributed by atoms with Gasteiger partial charge >= 0.3 is 0 Å². The molecule has 1 N–H and O–H groups in total. The first-order chi connectivity index (χ1) is 8.63. The van der Waals surface area contributed by atoms with E-state index in [-0.39, 0.29) is 0 Å². The van der Waals surface area contributed by atoms with Gasteiger partial charge in [0.25, 0.3) is 0 Å². The molecule has 1 aliphatic heterocycles. The van der Waals surface area contributed by atoms with E-state index in [4.69, 9.17) is 0 Å². The fourth-order valence-corrected chi connectivity index (χ4v) is 2.85. The maximum absolute atomic E-state index is 3.28. The van der Waals surface area contributed by atoms with Gasteiger partial charge in [-0.05, 0) is 55.5 Å². The van der Waals surface area contributed by atoms with Crippen molar-refractivity contribution < 1.29 is 0 Å². The summed E-state index contributed by atoms with van der Waals surface area (Å²) in [6.45, 7) is 6.84. The van der Waals surface area contributed by atoms with Crippen LogP contribution in [-0.2, 0) is 0 Å². The summed E-state index contributed by atoms with van der Waals surface area (Å²) < 4.78 is 0. The molecule has 0 bridgehead atoms. The van der Waals surface area contributed by atoms with Gasteiger partial charge in [0.2, 0.25) is 0 Å². The van der Waals surface area contributed by atoms with Crippen LogP contribution in [-0.4, -0.2) is 27.2 Å². The lowest BCUT2D eigenvalue weighted by atomic mass is 9.85. The SMILES string of the molecule is CNCCC1CCN(C)c2ccc(C(C)C)cc21. The molecule has 1 aliphatic rings. The fraction of sp³-hybridized carbons (Fsp3) is 0.625. The van der Waals surface area contributed by atoms with Crippen LogP contribution in [0.5, 0.6) is 0 Å². The lowest BCUT2D eigenvalue weighted by Gasteiger charge is -2.34.